The maximum atomic E-state index is 12.4. The molecule has 23 heavy (non-hydrogen) atoms. The highest BCUT2D eigenvalue weighted by atomic mass is 35.5. The number of benzene rings is 1. The summed E-state index contributed by atoms with van der Waals surface area (Å²) in [5.74, 6) is -1.13. The third-order valence-electron chi connectivity index (χ3n) is 3.68. The smallest absolute Gasteiger partial charge is 0.321 e. The van der Waals surface area contributed by atoms with Gasteiger partial charge in [0.1, 0.15) is 0 Å². The van der Waals surface area contributed by atoms with Gasteiger partial charge in [-0.1, -0.05) is 25.4 Å². The van der Waals surface area contributed by atoms with Gasteiger partial charge in [-0.3, -0.25) is 4.79 Å². The van der Waals surface area contributed by atoms with Crippen molar-refractivity contribution in [1.29, 1.82) is 0 Å². The fourth-order valence-electron chi connectivity index (χ4n) is 2.48. The van der Waals surface area contributed by atoms with E-state index >= 15 is 0 Å². The standard InChI is InChI=1S/C16H21ClN2O3S/c1-10(2)23-14-4-3-12(17)9-13(14)18-16(22)19-7-5-11(6-8-19)15(20)21/h3-4,9-11H,5-8H2,1-2H3,(H,18,22)(H,20,21). The summed E-state index contributed by atoms with van der Waals surface area (Å²) in [5, 5.41) is 12.9. The van der Waals surface area contributed by atoms with Crippen molar-refractivity contribution in [3.63, 3.8) is 0 Å². The molecule has 0 radical (unpaired) electrons. The summed E-state index contributed by atoms with van der Waals surface area (Å²) in [4.78, 5) is 26.0. The van der Waals surface area contributed by atoms with Gasteiger partial charge in [-0.2, -0.15) is 0 Å². The van der Waals surface area contributed by atoms with Gasteiger partial charge in [0.25, 0.3) is 0 Å². The molecule has 2 rings (SSSR count). The number of hydrogen-bond acceptors (Lipinski definition) is 3. The van der Waals surface area contributed by atoms with E-state index in [0.717, 1.165) is 4.90 Å². The predicted octanol–water partition coefficient (Wildman–Crippen LogP) is 4.17. The predicted molar refractivity (Wildman–Crippen MR) is 93.4 cm³/mol. The second kappa shape index (κ2) is 7.93. The number of urea groups is 1. The molecule has 0 saturated carbocycles. The molecule has 1 saturated heterocycles. The number of likely N-dealkylation sites (tertiary alicyclic amines) is 1. The van der Waals surface area contributed by atoms with E-state index in [1.54, 1.807) is 28.8 Å². The third kappa shape index (κ3) is 5.04. The van der Waals surface area contributed by atoms with Crippen LogP contribution in [0.15, 0.2) is 23.1 Å². The Balaban J connectivity index is 2.03. The SMILES string of the molecule is CC(C)Sc1ccc(Cl)cc1NC(=O)N1CCC(C(=O)O)CC1. The summed E-state index contributed by atoms with van der Waals surface area (Å²) < 4.78 is 0. The number of nitrogens with one attached hydrogen (secondary N) is 1. The molecular weight excluding hydrogens is 336 g/mol. The Morgan fingerprint density at radius 3 is 2.57 bits per heavy atom. The summed E-state index contributed by atoms with van der Waals surface area (Å²) in [6.07, 6.45) is 0.984. The van der Waals surface area contributed by atoms with Crippen LogP contribution in [0, 0.1) is 5.92 Å². The first kappa shape index (κ1) is 17.9. The van der Waals surface area contributed by atoms with E-state index < -0.39 is 5.97 Å². The Morgan fingerprint density at radius 2 is 2.00 bits per heavy atom. The number of carboxylic acid groups (broad SMARTS) is 1. The molecule has 1 aromatic carbocycles. The van der Waals surface area contributed by atoms with Crippen molar-refractivity contribution in [2.45, 2.75) is 36.8 Å². The van der Waals surface area contributed by atoms with Crippen molar-refractivity contribution in [2.75, 3.05) is 18.4 Å². The van der Waals surface area contributed by atoms with E-state index in [2.05, 4.69) is 19.2 Å². The zero-order chi connectivity index (χ0) is 17.0. The molecule has 2 amide bonds. The van der Waals surface area contributed by atoms with Crippen LogP contribution in [0.1, 0.15) is 26.7 Å². The molecule has 7 heteroatoms. The molecule has 0 bridgehead atoms. The van der Waals surface area contributed by atoms with Crippen molar-refractivity contribution in [1.82, 2.24) is 4.90 Å². The number of anilines is 1. The second-order valence-electron chi connectivity index (χ2n) is 5.84. The van der Waals surface area contributed by atoms with Crippen LogP contribution in [-0.2, 0) is 4.79 Å². The zero-order valence-corrected chi connectivity index (χ0v) is 14.8. The molecule has 1 aliphatic rings. The summed E-state index contributed by atoms with van der Waals surface area (Å²) in [6, 6.07) is 5.25. The van der Waals surface area contributed by atoms with E-state index in [9.17, 15) is 9.59 Å². The number of halogens is 1. The van der Waals surface area contributed by atoms with Crippen LogP contribution in [-0.4, -0.2) is 40.3 Å². The van der Waals surface area contributed by atoms with Crippen molar-refractivity contribution in [3.05, 3.63) is 23.2 Å². The molecule has 5 nitrogen and oxygen atoms in total. The molecule has 1 heterocycles. The number of carbonyl (C=O) groups is 2. The van der Waals surface area contributed by atoms with Gasteiger partial charge >= 0.3 is 12.0 Å². The van der Waals surface area contributed by atoms with Gasteiger partial charge in [0.2, 0.25) is 0 Å². The topological polar surface area (TPSA) is 69.6 Å². The molecule has 0 spiro atoms. The Bertz CT molecular complexity index is 587. The lowest BCUT2D eigenvalue weighted by Gasteiger charge is -2.30. The minimum Gasteiger partial charge on any atom is -0.481 e. The quantitative estimate of drug-likeness (QED) is 0.794. The van der Waals surface area contributed by atoms with Gasteiger partial charge in [-0.15, -0.1) is 11.8 Å². The number of aliphatic carboxylic acids is 1. The van der Waals surface area contributed by atoms with Gasteiger partial charge in [-0.25, -0.2) is 4.79 Å². The molecular formula is C16H21ClN2O3S. The average molecular weight is 357 g/mol. The Labute approximate surface area is 145 Å². The van der Waals surface area contributed by atoms with Gasteiger partial charge in [0.05, 0.1) is 11.6 Å². The maximum absolute atomic E-state index is 12.4. The average Bonchev–Trinajstić information content (AvgIpc) is 2.49. The number of thioether (sulfide) groups is 1. The van der Waals surface area contributed by atoms with Gasteiger partial charge in [0, 0.05) is 28.3 Å². The normalized spacial score (nSPS) is 15.7. The van der Waals surface area contributed by atoms with E-state index in [-0.39, 0.29) is 11.9 Å². The highest BCUT2D eigenvalue weighted by Gasteiger charge is 2.27. The van der Waals surface area contributed by atoms with E-state index in [4.69, 9.17) is 16.7 Å². The van der Waals surface area contributed by atoms with Crippen molar-refractivity contribution in [2.24, 2.45) is 5.92 Å². The second-order valence-corrected chi connectivity index (χ2v) is 7.89. The van der Waals surface area contributed by atoms with Crippen LogP contribution in [0.5, 0.6) is 0 Å². The molecule has 2 N–H and O–H groups in total. The van der Waals surface area contributed by atoms with Gasteiger partial charge < -0.3 is 15.3 Å². The first-order valence-corrected chi connectivity index (χ1v) is 8.87. The van der Waals surface area contributed by atoms with Crippen LogP contribution in [0.2, 0.25) is 5.02 Å². The van der Waals surface area contributed by atoms with E-state index in [0.29, 0.717) is 41.9 Å². The minimum absolute atomic E-state index is 0.207. The summed E-state index contributed by atoms with van der Waals surface area (Å²) in [5.41, 5.74) is 0.696. The Morgan fingerprint density at radius 1 is 1.35 bits per heavy atom. The van der Waals surface area contributed by atoms with Gasteiger partial charge in [-0.05, 0) is 31.0 Å². The number of carboxylic acids is 1. The summed E-state index contributed by atoms with van der Waals surface area (Å²) in [6.45, 7) is 5.08. The molecule has 1 aliphatic heterocycles. The number of hydrogen-bond donors (Lipinski definition) is 2. The molecule has 1 aromatic rings. The maximum Gasteiger partial charge on any atom is 0.321 e. The summed E-state index contributed by atoms with van der Waals surface area (Å²) in [7, 11) is 0. The minimum atomic E-state index is -0.782. The molecule has 0 aromatic heterocycles. The number of piperidine rings is 1. The molecule has 0 atom stereocenters. The van der Waals surface area contributed by atoms with Crippen molar-refractivity contribution in [3.8, 4) is 0 Å². The first-order chi connectivity index (χ1) is 10.9. The Kier molecular flexibility index (Phi) is 6.18. The third-order valence-corrected chi connectivity index (χ3v) is 4.99. The largest absolute Gasteiger partial charge is 0.481 e. The van der Waals surface area contributed by atoms with Crippen molar-refractivity contribution >= 4 is 41.1 Å². The number of nitrogens with zero attached hydrogens (tertiary/aromatic N) is 1. The highest BCUT2D eigenvalue weighted by Crippen LogP contribution is 2.33. The van der Waals surface area contributed by atoms with E-state index in [1.807, 2.05) is 6.07 Å². The molecule has 0 aliphatic carbocycles. The number of carbonyl (C=O) groups excluding carboxylic acids is 1. The molecule has 0 unspecified atom stereocenters. The summed E-state index contributed by atoms with van der Waals surface area (Å²) >= 11 is 7.69. The lowest BCUT2D eigenvalue weighted by atomic mass is 9.97. The zero-order valence-electron chi connectivity index (χ0n) is 13.2. The van der Waals surface area contributed by atoms with Crippen LogP contribution in [0.25, 0.3) is 0 Å². The van der Waals surface area contributed by atoms with Crippen LogP contribution in [0.4, 0.5) is 10.5 Å². The lowest BCUT2D eigenvalue weighted by molar-refractivity contribution is -0.143. The molecule has 1 fully saturated rings. The number of rotatable bonds is 4. The van der Waals surface area contributed by atoms with E-state index in [1.165, 1.54) is 0 Å². The monoisotopic (exact) mass is 356 g/mol. The lowest BCUT2D eigenvalue weighted by Crippen LogP contribution is -2.42. The van der Waals surface area contributed by atoms with Crippen LogP contribution >= 0.6 is 23.4 Å². The fraction of sp³-hybridized carbons (Fsp3) is 0.500. The van der Waals surface area contributed by atoms with Crippen LogP contribution < -0.4 is 5.32 Å². The highest BCUT2D eigenvalue weighted by molar-refractivity contribution is 8.00. The fourth-order valence-corrected chi connectivity index (χ4v) is 3.54. The first-order valence-electron chi connectivity index (χ1n) is 7.61. The molecule has 126 valence electrons. The Hall–Kier alpha value is -1.40. The van der Waals surface area contributed by atoms with Gasteiger partial charge in [0.15, 0.2) is 0 Å². The van der Waals surface area contributed by atoms with Crippen LogP contribution in [0.3, 0.4) is 0 Å². The van der Waals surface area contributed by atoms with Crippen molar-refractivity contribution < 1.29 is 14.7 Å². The number of amides is 2.